The summed E-state index contributed by atoms with van der Waals surface area (Å²) in [4.78, 5) is 14.1. The van der Waals surface area contributed by atoms with E-state index in [9.17, 15) is 9.90 Å². The van der Waals surface area contributed by atoms with Crippen LogP contribution in [0.1, 0.15) is 32.1 Å². The summed E-state index contributed by atoms with van der Waals surface area (Å²) in [7, 11) is 0. The lowest BCUT2D eigenvalue weighted by molar-refractivity contribution is 0.144. The molecule has 2 rings (SSSR count). The van der Waals surface area contributed by atoms with Crippen molar-refractivity contribution < 1.29 is 9.90 Å². The SMILES string of the molecule is O=C(Nc1ccccc1Cl)N(CCO)C1CCCCC1. The number of carbonyl (C=O) groups is 1. The normalized spacial score (nSPS) is 15.9. The number of aliphatic hydroxyl groups excluding tert-OH is 1. The number of rotatable bonds is 4. The summed E-state index contributed by atoms with van der Waals surface area (Å²) in [6.07, 6.45) is 5.54. The molecule has 1 saturated carbocycles. The summed E-state index contributed by atoms with van der Waals surface area (Å²) >= 11 is 6.05. The van der Waals surface area contributed by atoms with E-state index in [2.05, 4.69) is 5.32 Å². The number of benzene rings is 1. The summed E-state index contributed by atoms with van der Waals surface area (Å²) in [5.74, 6) is 0. The number of nitrogens with one attached hydrogen (secondary N) is 1. The Bertz CT molecular complexity index is 447. The minimum absolute atomic E-state index is 0.0214. The zero-order chi connectivity index (χ0) is 14.4. The molecule has 1 aliphatic rings. The Hall–Kier alpha value is -1.26. The Balaban J connectivity index is 2.04. The van der Waals surface area contributed by atoms with E-state index in [1.807, 2.05) is 12.1 Å². The van der Waals surface area contributed by atoms with Gasteiger partial charge in [0.1, 0.15) is 0 Å². The van der Waals surface area contributed by atoms with E-state index in [4.69, 9.17) is 11.6 Å². The van der Waals surface area contributed by atoms with E-state index in [0.29, 0.717) is 17.3 Å². The lowest BCUT2D eigenvalue weighted by Gasteiger charge is -2.34. The maximum atomic E-state index is 12.4. The van der Waals surface area contributed by atoms with Crippen LogP contribution >= 0.6 is 11.6 Å². The highest BCUT2D eigenvalue weighted by Crippen LogP contribution is 2.25. The molecule has 0 unspecified atom stereocenters. The van der Waals surface area contributed by atoms with Crippen molar-refractivity contribution >= 4 is 23.3 Å². The first kappa shape index (κ1) is 15.1. The monoisotopic (exact) mass is 296 g/mol. The van der Waals surface area contributed by atoms with Gasteiger partial charge >= 0.3 is 6.03 Å². The average Bonchev–Trinajstić information content (AvgIpc) is 2.48. The molecule has 110 valence electrons. The van der Waals surface area contributed by atoms with Crippen molar-refractivity contribution in [3.8, 4) is 0 Å². The van der Waals surface area contributed by atoms with Crippen molar-refractivity contribution in [2.75, 3.05) is 18.5 Å². The lowest BCUT2D eigenvalue weighted by atomic mass is 9.94. The van der Waals surface area contributed by atoms with Crippen molar-refractivity contribution in [3.05, 3.63) is 29.3 Å². The highest BCUT2D eigenvalue weighted by Gasteiger charge is 2.25. The van der Waals surface area contributed by atoms with Crippen LogP contribution in [0.2, 0.25) is 5.02 Å². The highest BCUT2D eigenvalue weighted by molar-refractivity contribution is 6.33. The summed E-state index contributed by atoms with van der Waals surface area (Å²) in [5.41, 5.74) is 0.609. The fraction of sp³-hybridized carbons (Fsp3) is 0.533. The predicted molar refractivity (Wildman–Crippen MR) is 81.1 cm³/mol. The number of para-hydroxylation sites is 1. The number of anilines is 1. The second-order valence-electron chi connectivity index (χ2n) is 5.12. The van der Waals surface area contributed by atoms with Crippen LogP contribution in [0, 0.1) is 0 Å². The van der Waals surface area contributed by atoms with Crippen molar-refractivity contribution in [1.29, 1.82) is 0 Å². The number of hydrogen-bond acceptors (Lipinski definition) is 2. The Morgan fingerprint density at radius 2 is 2.00 bits per heavy atom. The fourth-order valence-electron chi connectivity index (χ4n) is 2.70. The van der Waals surface area contributed by atoms with Crippen LogP contribution in [0.4, 0.5) is 10.5 Å². The molecule has 0 aromatic heterocycles. The van der Waals surface area contributed by atoms with Gasteiger partial charge in [-0.05, 0) is 25.0 Å². The van der Waals surface area contributed by atoms with Crippen LogP contribution < -0.4 is 5.32 Å². The first-order chi connectivity index (χ1) is 9.72. The van der Waals surface area contributed by atoms with Crippen LogP contribution in [-0.4, -0.2) is 35.2 Å². The lowest BCUT2D eigenvalue weighted by Crippen LogP contribution is -2.45. The molecule has 5 heteroatoms. The van der Waals surface area contributed by atoms with Crippen molar-refractivity contribution in [1.82, 2.24) is 4.90 Å². The smallest absolute Gasteiger partial charge is 0.322 e. The van der Waals surface area contributed by atoms with E-state index < -0.39 is 0 Å². The molecule has 2 amide bonds. The van der Waals surface area contributed by atoms with Crippen LogP contribution in [0.3, 0.4) is 0 Å². The van der Waals surface area contributed by atoms with Gasteiger partial charge in [-0.25, -0.2) is 4.79 Å². The number of nitrogens with zero attached hydrogens (tertiary/aromatic N) is 1. The van der Waals surface area contributed by atoms with Gasteiger partial charge in [0.25, 0.3) is 0 Å². The number of aliphatic hydroxyl groups is 1. The number of carbonyl (C=O) groups excluding carboxylic acids is 1. The molecule has 0 saturated heterocycles. The Morgan fingerprint density at radius 3 is 2.65 bits per heavy atom. The zero-order valence-electron chi connectivity index (χ0n) is 11.5. The maximum Gasteiger partial charge on any atom is 0.322 e. The molecular weight excluding hydrogens is 276 g/mol. The van der Waals surface area contributed by atoms with Gasteiger partial charge in [-0.2, -0.15) is 0 Å². The molecule has 1 aromatic rings. The molecule has 0 radical (unpaired) electrons. The third-order valence-corrected chi connectivity index (χ3v) is 4.06. The second kappa shape index (κ2) is 7.50. The van der Waals surface area contributed by atoms with Gasteiger partial charge in [-0.15, -0.1) is 0 Å². The Labute approximate surface area is 124 Å². The molecular formula is C15H21ClN2O2. The predicted octanol–water partition coefficient (Wildman–Crippen LogP) is 3.50. The molecule has 1 aromatic carbocycles. The minimum atomic E-state index is -0.181. The van der Waals surface area contributed by atoms with Gasteiger partial charge in [-0.1, -0.05) is 43.0 Å². The van der Waals surface area contributed by atoms with E-state index >= 15 is 0 Å². The Morgan fingerprint density at radius 1 is 1.30 bits per heavy atom. The minimum Gasteiger partial charge on any atom is -0.395 e. The van der Waals surface area contributed by atoms with Crippen LogP contribution in [0.15, 0.2) is 24.3 Å². The van der Waals surface area contributed by atoms with E-state index in [0.717, 1.165) is 25.7 Å². The van der Waals surface area contributed by atoms with Crippen molar-refractivity contribution in [2.24, 2.45) is 0 Å². The fourth-order valence-corrected chi connectivity index (χ4v) is 2.88. The largest absolute Gasteiger partial charge is 0.395 e. The van der Waals surface area contributed by atoms with Crippen LogP contribution in [0.5, 0.6) is 0 Å². The third kappa shape index (κ3) is 3.87. The molecule has 4 nitrogen and oxygen atoms in total. The van der Waals surface area contributed by atoms with Gasteiger partial charge in [0, 0.05) is 12.6 Å². The molecule has 0 aliphatic heterocycles. The molecule has 0 spiro atoms. The van der Waals surface area contributed by atoms with Gasteiger partial charge in [0.15, 0.2) is 0 Å². The number of halogens is 1. The summed E-state index contributed by atoms with van der Waals surface area (Å²) in [6, 6.07) is 7.22. The first-order valence-corrected chi connectivity index (χ1v) is 7.53. The van der Waals surface area contributed by atoms with E-state index in [1.165, 1.54) is 6.42 Å². The third-order valence-electron chi connectivity index (χ3n) is 3.73. The van der Waals surface area contributed by atoms with Crippen molar-refractivity contribution in [2.45, 2.75) is 38.1 Å². The molecule has 1 aliphatic carbocycles. The standard InChI is InChI=1S/C15H21ClN2O2/c16-13-8-4-5-9-14(13)17-15(20)18(10-11-19)12-6-2-1-3-7-12/h4-5,8-9,12,19H,1-3,6-7,10-11H2,(H,17,20). The molecule has 0 heterocycles. The Kier molecular flexibility index (Phi) is 5.68. The van der Waals surface area contributed by atoms with Gasteiger partial charge in [0.2, 0.25) is 0 Å². The average molecular weight is 297 g/mol. The molecule has 20 heavy (non-hydrogen) atoms. The number of urea groups is 1. The van der Waals surface area contributed by atoms with Gasteiger partial charge in [0.05, 0.1) is 17.3 Å². The summed E-state index contributed by atoms with van der Waals surface area (Å²) in [5, 5.41) is 12.5. The zero-order valence-corrected chi connectivity index (χ0v) is 12.3. The van der Waals surface area contributed by atoms with E-state index in [1.54, 1.807) is 17.0 Å². The van der Waals surface area contributed by atoms with Crippen LogP contribution in [0.25, 0.3) is 0 Å². The topological polar surface area (TPSA) is 52.6 Å². The molecule has 0 atom stereocenters. The van der Waals surface area contributed by atoms with Gasteiger partial charge < -0.3 is 15.3 Å². The molecule has 2 N–H and O–H groups in total. The summed E-state index contributed by atoms with van der Waals surface area (Å²) in [6.45, 7) is 0.341. The van der Waals surface area contributed by atoms with Gasteiger partial charge in [-0.3, -0.25) is 0 Å². The number of amides is 2. The number of hydrogen-bond donors (Lipinski definition) is 2. The maximum absolute atomic E-state index is 12.4. The summed E-state index contributed by atoms with van der Waals surface area (Å²) < 4.78 is 0. The molecule has 0 bridgehead atoms. The highest BCUT2D eigenvalue weighted by atomic mass is 35.5. The van der Waals surface area contributed by atoms with Crippen molar-refractivity contribution in [3.63, 3.8) is 0 Å². The first-order valence-electron chi connectivity index (χ1n) is 7.15. The van der Waals surface area contributed by atoms with E-state index in [-0.39, 0.29) is 18.7 Å². The van der Waals surface area contributed by atoms with Crippen LogP contribution in [-0.2, 0) is 0 Å². The quantitative estimate of drug-likeness (QED) is 0.893. The second-order valence-corrected chi connectivity index (χ2v) is 5.53. The molecule has 1 fully saturated rings.